The van der Waals surface area contributed by atoms with E-state index in [9.17, 15) is 4.79 Å². The molecule has 1 amide bonds. The van der Waals surface area contributed by atoms with Crippen LogP contribution in [0.2, 0.25) is 0 Å². The van der Waals surface area contributed by atoms with Gasteiger partial charge in [0.1, 0.15) is 5.75 Å². The fourth-order valence-corrected chi connectivity index (χ4v) is 2.41. The topological polar surface area (TPSA) is 77.2 Å². The molecule has 106 valence electrons. The number of carbonyl (C=O) groups is 1. The number of ether oxygens (including phenoxy) is 1. The third-order valence-electron chi connectivity index (χ3n) is 2.56. The smallest absolute Gasteiger partial charge is 0.257 e. The largest absolute Gasteiger partial charge is 0.484 e. The summed E-state index contributed by atoms with van der Waals surface area (Å²) in [5, 5.41) is 5.82. The van der Waals surface area contributed by atoms with Crippen molar-refractivity contribution in [2.75, 3.05) is 18.9 Å². The van der Waals surface area contributed by atoms with Crippen molar-refractivity contribution in [3.63, 3.8) is 0 Å². The van der Waals surface area contributed by atoms with Crippen molar-refractivity contribution < 1.29 is 9.53 Å². The van der Waals surface area contributed by atoms with Gasteiger partial charge in [0.15, 0.2) is 6.61 Å². The average Bonchev–Trinajstić information content (AvgIpc) is 2.82. The zero-order valence-corrected chi connectivity index (χ0v) is 12.1. The van der Waals surface area contributed by atoms with Gasteiger partial charge in [0, 0.05) is 35.8 Å². The van der Waals surface area contributed by atoms with Gasteiger partial charge in [0.2, 0.25) is 0 Å². The Morgan fingerprint density at radius 2 is 2.35 bits per heavy atom. The summed E-state index contributed by atoms with van der Waals surface area (Å²) < 4.78 is 5.35. The lowest BCUT2D eigenvalue weighted by atomic mass is 10.3. The lowest BCUT2D eigenvalue weighted by molar-refractivity contribution is -0.123. The molecule has 0 aliphatic rings. The lowest BCUT2D eigenvalue weighted by Crippen LogP contribution is -2.30. The summed E-state index contributed by atoms with van der Waals surface area (Å²) in [5.74, 6) is 0.441. The highest BCUT2D eigenvalue weighted by Crippen LogP contribution is 2.14. The number of anilines is 1. The number of aryl methyl sites for hydroxylation is 1. The third kappa shape index (κ3) is 4.55. The quantitative estimate of drug-likeness (QED) is 0.795. The molecule has 2 aromatic rings. The molecule has 5 nitrogen and oxygen atoms in total. The van der Waals surface area contributed by atoms with Gasteiger partial charge >= 0.3 is 0 Å². The van der Waals surface area contributed by atoms with Crippen molar-refractivity contribution in [2.45, 2.75) is 13.3 Å². The molecule has 1 aromatic carbocycles. The number of nitrogen functional groups attached to an aromatic ring is 1. The summed E-state index contributed by atoms with van der Waals surface area (Å²) in [6.07, 6.45) is 0.739. The van der Waals surface area contributed by atoms with Gasteiger partial charge in [-0.2, -0.15) is 0 Å². The summed E-state index contributed by atoms with van der Waals surface area (Å²) in [6.45, 7) is 2.50. The summed E-state index contributed by atoms with van der Waals surface area (Å²) in [4.78, 5) is 15.9. The molecule has 0 aliphatic carbocycles. The van der Waals surface area contributed by atoms with Gasteiger partial charge in [-0.05, 0) is 19.1 Å². The van der Waals surface area contributed by atoms with Gasteiger partial charge in [-0.3, -0.25) is 4.79 Å². The SMILES string of the molecule is Cc1csc(CCNC(=O)COc2cccc(N)c2)n1. The molecule has 2 rings (SSSR count). The zero-order valence-electron chi connectivity index (χ0n) is 11.3. The second kappa shape index (κ2) is 6.91. The highest BCUT2D eigenvalue weighted by Gasteiger charge is 2.04. The Balaban J connectivity index is 1.68. The highest BCUT2D eigenvalue weighted by atomic mass is 32.1. The Bertz CT molecular complexity index is 583. The fourth-order valence-electron chi connectivity index (χ4n) is 1.63. The van der Waals surface area contributed by atoms with Crippen LogP contribution in [-0.4, -0.2) is 24.0 Å². The molecule has 0 bridgehead atoms. The molecule has 3 N–H and O–H groups in total. The summed E-state index contributed by atoms with van der Waals surface area (Å²) >= 11 is 1.61. The van der Waals surface area contributed by atoms with E-state index in [1.54, 1.807) is 35.6 Å². The number of amides is 1. The van der Waals surface area contributed by atoms with Crippen LogP contribution in [0.5, 0.6) is 5.75 Å². The zero-order chi connectivity index (χ0) is 14.4. The van der Waals surface area contributed by atoms with E-state index in [0.29, 0.717) is 18.0 Å². The van der Waals surface area contributed by atoms with E-state index < -0.39 is 0 Å². The normalized spacial score (nSPS) is 10.2. The van der Waals surface area contributed by atoms with E-state index in [2.05, 4.69) is 10.3 Å². The van der Waals surface area contributed by atoms with Crippen molar-refractivity contribution in [3.8, 4) is 5.75 Å². The first-order valence-corrected chi connectivity index (χ1v) is 7.17. The van der Waals surface area contributed by atoms with E-state index in [1.165, 1.54) is 0 Å². The van der Waals surface area contributed by atoms with Crippen LogP contribution in [0.3, 0.4) is 0 Å². The number of carbonyl (C=O) groups excluding carboxylic acids is 1. The minimum Gasteiger partial charge on any atom is -0.484 e. The third-order valence-corrected chi connectivity index (χ3v) is 3.58. The van der Waals surface area contributed by atoms with Crippen LogP contribution < -0.4 is 15.8 Å². The minimum absolute atomic E-state index is 0.0135. The highest BCUT2D eigenvalue weighted by molar-refractivity contribution is 7.09. The molecule has 0 saturated carbocycles. The molecule has 0 fully saturated rings. The average molecular weight is 291 g/mol. The maximum Gasteiger partial charge on any atom is 0.257 e. The molecule has 0 atom stereocenters. The Morgan fingerprint density at radius 1 is 1.50 bits per heavy atom. The van der Waals surface area contributed by atoms with Crippen molar-refractivity contribution in [1.29, 1.82) is 0 Å². The number of nitrogens with two attached hydrogens (primary N) is 1. The molecule has 1 aromatic heterocycles. The predicted molar refractivity (Wildman–Crippen MR) is 79.9 cm³/mol. The first-order valence-electron chi connectivity index (χ1n) is 6.29. The molecule has 0 unspecified atom stereocenters. The standard InChI is InChI=1S/C14H17N3O2S/c1-10-9-20-14(17-10)5-6-16-13(18)8-19-12-4-2-3-11(15)7-12/h2-4,7,9H,5-6,8,15H2,1H3,(H,16,18). The number of aromatic nitrogens is 1. The fraction of sp³-hybridized carbons (Fsp3) is 0.286. The summed E-state index contributed by atoms with van der Waals surface area (Å²) in [6, 6.07) is 7.00. The van der Waals surface area contributed by atoms with E-state index in [4.69, 9.17) is 10.5 Å². The second-order valence-corrected chi connectivity index (χ2v) is 5.29. The molecular weight excluding hydrogens is 274 g/mol. The van der Waals surface area contributed by atoms with Crippen molar-refractivity contribution in [3.05, 3.63) is 40.3 Å². The molecule has 1 heterocycles. The number of benzene rings is 1. The van der Waals surface area contributed by atoms with Gasteiger partial charge < -0.3 is 15.8 Å². The summed E-state index contributed by atoms with van der Waals surface area (Å²) in [5.41, 5.74) is 7.25. The lowest BCUT2D eigenvalue weighted by Gasteiger charge is -2.07. The number of rotatable bonds is 6. The number of thiazole rings is 1. The van der Waals surface area contributed by atoms with Crippen molar-refractivity contribution in [1.82, 2.24) is 10.3 Å². The first kappa shape index (κ1) is 14.3. The van der Waals surface area contributed by atoms with Crippen LogP contribution in [0, 0.1) is 6.92 Å². The van der Waals surface area contributed by atoms with Crippen LogP contribution in [0.15, 0.2) is 29.6 Å². The maximum atomic E-state index is 11.6. The number of nitrogens with zero attached hydrogens (tertiary/aromatic N) is 1. The Kier molecular flexibility index (Phi) is 4.95. The van der Waals surface area contributed by atoms with Crippen LogP contribution in [0.25, 0.3) is 0 Å². The van der Waals surface area contributed by atoms with Gasteiger partial charge in [0.25, 0.3) is 5.91 Å². The Morgan fingerprint density at radius 3 is 3.05 bits per heavy atom. The number of nitrogens with one attached hydrogen (secondary N) is 1. The second-order valence-electron chi connectivity index (χ2n) is 4.34. The van der Waals surface area contributed by atoms with Gasteiger partial charge in [0.05, 0.1) is 5.01 Å². The number of hydrogen-bond donors (Lipinski definition) is 2. The van der Waals surface area contributed by atoms with Crippen LogP contribution in [-0.2, 0) is 11.2 Å². The van der Waals surface area contributed by atoms with Crippen LogP contribution >= 0.6 is 11.3 Å². The monoisotopic (exact) mass is 291 g/mol. The van der Waals surface area contributed by atoms with E-state index in [1.807, 2.05) is 12.3 Å². The number of hydrogen-bond acceptors (Lipinski definition) is 5. The van der Waals surface area contributed by atoms with Gasteiger partial charge in [-0.25, -0.2) is 4.98 Å². The Labute approximate surface area is 121 Å². The van der Waals surface area contributed by atoms with Crippen LogP contribution in [0.4, 0.5) is 5.69 Å². The Hall–Kier alpha value is -2.08. The molecule has 0 radical (unpaired) electrons. The molecule has 0 saturated heterocycles. The van der Waals surface area contributed by atoms with Crippen molar-refractivity contribution in [2.24, 2.45) is 0 Å². The summed E-state index contributed by atoms with van der Waals surface area (Å²) in [7, 11) is 0. The van der Waals surface area contributed by atoms with Crippen LogP contribution in [0.1, 0.15) is 10.7 Å². The molecule has 6 heteroatoms. The molecule has 0 spiro atoms. The van der Waals surface area contributed by atoms with E-state index in [-0.39, 0.29) is 12.5 Å². The first-order chi connectivity index (χ1) is 9.63. The predicted octanol–water partition coefficient (Wildman–Crippen LogP) is 1.77. The van der Waals surface area contributed by atoms with E-state index >= 15 is 0 Å². The molecule has 20 heavy (non-hydrogen) atoms. The molecule has 0 aliphatic heterocycles. The maximum absolute atomic E-state index is 11.6. The molecular formula is C14H17N3O2S. The van der Waals surface area contributed by atoms with Crippen molar-refractivity contribution >= 4 is 22.9 Å². The van der Waals surface area contributed by atoms with Gasteiger partial charge in [-0.15, -0.1) is 11.3 Å². The van der Waals surface area contributed by atoms with E-state index in [0.717, 1.165) is 17.1 Å². The minimum atomic E-state index is -0.152. The van der Waals surface area contributed by atoms with Gasteiger partial charge in [-0.1, -0.05) is 6.07 Å².